The number of nitriles is 1. The van der Waals surface area contributed by atoms with Gasteiger partial charge in [-0.1, -0.05) is 26.0 Å². The number of methoxy groups -OCH3 is 1. The van der Waals surface area contributed by atoms with E-state index in [0.717, 1.165) is 35.1 Å². The van der Waals surface area contributed by atoms with E-state index in [1.54, 1.807) is 13.3 Å². The molecule has 2 aromatic carbocycles. The maximum atomic E-state index is 9.71. The Kier molecular flexibility index (Phi) is 5.76. The lowest BCUT2D eigenvalue weighted by Crippen LogP contribution is -2.14. The minimum Gasteiger partial charge on any atom is -0.493 e. The van der Waals surface area contributed by atoms with Crippen LogP contribution in [0.3, 0.4) is 0 Å². The van der Waals surface area contributed by atoms with Crippen LogP contribution in [0, 0.1) is 11.3 Å². The molecule has 0 bridgehead atoms. The number of fused-ring (bicyclic) bond motifs is 1. The first-order chi connectivity index (χ1) is 14.7. The highest BCUT2D eigenvalue weighted by Gasteiger charge is 2.23. The van der Waals surface area contributed by atoms with E-state index in [-0.39, 0.29) is 6.10 Å². The van der Waals surface area contributed by atoms with Gasteiger partial charge in [-0.15, -0.1) is 0 Å². The molecule has 1 aliphatic rings. The Morgan fingerprint density at radius 3 is 2.63 bits per heavy atom. The first kappa shape index (κ1) is 20.0. The van der Waals surface area contributed by atoms with E-state index < -0.39 is 0 Å². The fourth-order valence-electron chi connectivity index (χ4n) is 3.74. The summed E-state index contributed by atoms with van der Waals surface area (Å²) >= 11 is 0. The van der Waals surface area contributed by atoms with Crippen molar-refractivity contribution in [3.8, 4) is 17.6 Å². The van der Waals surface area contributed by atoms with Gasteiger partial charge in [-0.3, -0.25) is 4.98 Å². The zero-order chi connectivity index (χ0) is 21.1. The SMILES string of the molecule is CCC(CC)Oc1cc2c(Nc3cccc(C4CC4)c3)c(C#N)cnc2cc1OC. The molecule has 1 saturated carbocycles. The van der Waals surface area contributed by atoms with Gasteiger partial charge in [0.2, 0.25) is 0 Å². The summed E-state index contributed by atoms with van der Waals surface area (Å²) in [6, 6.07) is 14.5. The van der Waals surface area contributed by atoms with Gasteiger partial charge in [0.25, 0.3) is 0 Å². The zero-order valence-electron chi connectivity index (χ0n) is 17.7. The molecule has 0 radical (unpaired) electrons. The van der Waals surface area contributed by atoms with Gasteiger partial charge < -0.3 is 14.8 Å². The molecule has 0 spiro atoms. The van der Waals surface area contributed by atoms with E-state index in [0.29, 0.717) is 23.0 Å². The van der Waals surface area contributed by atoms with Crippen molar-refractivity contribution in [3.05, 3.63) is 53.7 Å². The Hall–Kier alpha value is -3.26. The number of benzene rings is 2. The smallest absolute Gasteiger partial charge is 0.162 e. The van der Waals surface area contributed by atoms with Crippen LogP contribution in [0.15, 0.2) is 42.6 Å². The molecule has 4 rings (SSSR count). The fourth-order valence-corrected chi connectivity index (χ4v) is 3.74. The molecule has 5 nitrogen and oxygen atoms in total. The van der Waals surface area contributed by atoms with Crippen LogP contribution in [0.5, 0.6) is 11.5 Å². The second kappa shape index (κ2) is 8.62. The number of hydrogen-bond acceptors (Lipinski definition) is 5. The minimum absolute atomic E-state index is 0.107. The van der Waals surface area contributed by atoms with E-state index >= 15 is 0 Å². The van der Waals surface area contributed by atoms with E-state index in [1.807, 2.05) is 18.2 Å². The van der Waals surface area contributed by atoms with Crippen molar-refractivity contribution in [2.75, 3.05) is 12.4 Å². The maximum absolute atomic E-state index is 9.71. The maximum Gasteiger partial charge on any atom is 0.162 e. The van der Waals surface area contributed by atoms with Gasteiger partial charge in [0.05, 0.1) is 30.0 Å². The van der Waals surface area contributed by atoms with Crippen LogP contribution in [0.2, 0.25) is 0 Å². The first-order valence-corrected chi connectivity index (χ1v) is 10.6. The molecule has 1 fully saturated rings. The van der Waals surface area contributed by atoms with Crippen molar-refractivity contribution < 1.29 is 9.47 Å². The van der Waals surface area contributed by atoms with Crippen LogP contribution in [-0.2, 0) is 0 Å². The van der Waals surface area contributed by atoms with Crippen molar-refractivity contribution in [2.45, 2.75) is 51.6 Å². The third-order valence-corrected chi connectivity index (χ3v) is 5.68. The van der Waals surface area contributed by atoms with Crippen LogP contribution >= 0.6 is 0 Å². The molecule has 1 heterocycles. The molecule has 1 aliphatic carbocycles. The topological polar surface area (TPSA) is 67.2 Å². The number of aromatic nitrogens is 1. The molecule has 30 heavy (non-hydrogen) atoms. The Bertz CT molecular complexity index is 1100. The summed E-state index contributed by atoms with van der Waals surface area (Å²) in [5.74, 6) is 1.99. The highest BCUT2D eigenvalue weighted by molar-refractivity contribution is 5.97. The number of ether oxygens (including phenoxy) is 2. The summed E-state index contributed by atoms with van der Waals surface area (Å²) in [5.41, 5.74) is 4.31. The quantitative estimate of drug-likeness (QED) is 0.479. The predicted molar refractivity (Wildman–Crippen MR) is 120 cm³/mol. The average molecular weight is 402 g/mol. The third kappa shape index (κ3) is 4.04. The number of hydrogen-bond donors (Lipinski definition) is 1. The summed E-state index contributed by atoms with van der Waals surface area (Å²) in [5, 5.41) is 14.0. The molecule has 154 valence electrons. The summed E-state index contributed by atoms with van der Waals surface area (Å²) in [6.07, 6.45) is 6.04. The Labute approximate surface area is 177 Å². The molecular formula is C25H27N3O2. The van der Waals surface area contributed by atoms with E-state index in [1.165, 1.54) is 18.4 Å². The van der Waals surface area contributed by atoms with Gasteiger partial charge in [0.15, 0.2) is 11.5 Å². The van der Waals surface area contributed by atoms with Crippen LogP contribution in [0.1, 0.15) is 56.6 Å². The van der Waals surface area contributed by atoms with Gasteiger partial charge in [-0.05, 0) is 55.4 Å². The van der Waals surface area contributed by atoms with Crippen LogP contribution in [-0.4, -0.2) is 18.2 Å². The van der Waals surface area contributed by atoms with Crippen LogP contribution in [0.4, 0.5) is 11.4 Å². The number of anilines is 2. The Morgan fingerprint density at radius 1 is 1.17 bits per heavy atom. The molecule has 0 atom stereocenters. The monoisotopic (exact) mass is 401 g/mol. The summed E-state index contributed by atoms with van der Waals surface area (Å²) in [6.45, 7) is 4.22. The van der Waals surface area contributed by atoms with E-state index in [9.17, 15) is 5.26 Å². The highest BCUT2D eigenvalue weighted by atomic mass is 16.5. The first-order valence-electron chi connectivity index (χ1n) is 10.6. The minimum atomic E-state index is 0.107. The summed E-state index contributed by atoms with van der Waals surface area (Å²) in [7, 11) is 1.63. The largest absolute Gasteiger partial charge is 0.493 e. The standard InChI is InChI=1S/C25H27N3O2/c1-4-20(5-2)30-24-12-21-22(13-23(24)29-3)27-15-18(14-26)25(21)28-19-8-6-7-17(11-19)16-9-10-16/h6-8,11-13,15-16,20H,4-5,9-10H2,1-3H3,(H,27,28). The van der Waals surface area contributed by atoms with Crippen molar-refractivity contribution in [3.63, 3.8) is 0 Å². The third-order valence-electron chi connectivity index (χ3n) is 5.68. The van der Waals surface area contributed by atoms with E-state index in [2.05, 4.69) is 48.4 Å². The molecule has 0 saturated heterocycles. The summed E-state index contributed by atoms with van der Waals surface area (Å²) < 4.78 is 11.8. The van der Waals surface area contributed by atoms with Crippen molar-refractivity contribution in [1.29, 1.82) is 5.26 Å². The lowest BCUT2D eigenvalue weighted by Gasteiger charge is -2.19. The fraction of sp³-hybridized carbons (Fsp3) is 0.360. The van der Waals surface area contributed by atoms with E-state index in [4.69, 9.17) is 9.47 Å². The molecule has 0 amide bonds. The average Bonchev–Trinajstić information content (AvgIpc) is 3.63. The highest BCUT2D eigenvalue weighted by Crippen LogP contribution is 2.42. The van der Waals surface area contributed by atoms with Crippen LogP contribution in [0.25, 0.3) is 10.9 Å². The number of nitrogens with zero attached hydrogens (tertiary/aromatic N) is 2. The number of nitrogens with one attached hydrogen (secondary N) is 1. The lowest BCUT2D eigenvalue weighted by molar-refractivity contribution is 0.185. The van der Waals surface area contributed by atoms with Gasteiger partial charge >= 0.3 is 0 Å². The lowest BCUT2D eigenvalue weighted by atomic mass is 10.1. The normalized spacial score (nSPS) is 13.3. The molecule has 0 aliphatic heterocycles. The van der Waals surface area contributed by atoms with Gasteiger partial charge in [0.1, 0.15) is 6.07 Å². The molecular weight excluding hydrogens is 374 g/mol. The Morgan fingerprint density at radius 2 is 1.97 bits per heavy atom. The van der Waals surface area contributed by atoms with Gasteiger partial charge in [-0.2, -0.15) is 5.26 Å². The van der Waals surface area contributed by atoms with Crippen molar-refractivity contribution >= 4 is 22.3 Å². The summed E-state index contributed by atoms with van der Waals surface area (Å²) in [4.78, 5) is 4.48. The zero-order valence-corrected chi connectivity index (χ0v) is 17.7. The number of pyridine rings is 1. The second-order valence-electron chi connectivity index (χ2n) is 7.76. The molecule has 1 aromatic heterocycles. The molecule has 0 unspecified atom stereocenters. The Balaban J connectivity index is 1.80. The molecule has 5 heteroatoms. The molecule has 1 N–H and O–H groups in total. The van der Waals surface area contributed by atoms with Gasteiger partial charge in [-0.25, -0.2) is 0 Å². The van der Waals surface area contributed by atoms with Gasteiger partial charge in [0, 0.05) is 23.3 Å². The number of rotatable bonds is 8. The second-order valence-corrected chi connectivity index (χ2v) is 7.76. The van der Waals surface area contributed by atoms with Crippen molar-refractivity contribution in [1.82, 2.24) is 4.98 Å². The predicted octanol–water partition coefficient (Wildman–Crippen LogP) is 6.30. The van der Waals surface area contributed by atoms with Crippen molar-refractivity contribution in [2.24, 2.45) is 0 Å². The van der Waals surface area contributed by atoms with Crippen LogP contribution < -0.4 is 14.8 Å². The molecule has 3 aromatic rings.